The number of hydrogen-bond donors (Lipinski definition) is 0. The maximum atomic E-state index is 12.8. The first-order valence-corrected chi connectivity index (χ1v) is 25.8. The molecule has 0 aromatic rings. The van der Waals surface area contributed by atoms with Gasteiger partial charge in [0.05, 0.1) is 0 Å². The zero-order valence-corrected chi connectivity index (χ0v) is 40.2. The van der Waals surface area contributed by atoms with E-state index in [1.165, 1.54) is 103 Å². The van der Waals surface area contributed by atoms with Crippen LogP contribution in [0.25, 0.3) is 0 Å². The van der Waals surface area contributed by atoms with Gasteiger partial charge in [-0.05, 0) is 83.5 Å². The van der Waals surface area contributed by atoms with Crippen LogP contribution in [0, 0.1) is 0 Å². The lowest BCUT2D eigenvalue weighted by Crippen LogP contribution is -2.30. The Morgan fingerprint density at radius 2 is 0.607 bits per heavy atom. The molecule has 0 aliphatic heterocycles. The lowest BCUT2D eigenvalue weighted by Gasteiger charge is -2.18. The summed E-state index contributed by atoms with van der Waals surface area (Å²) >= 11 is 0. The molecule has 1 atom stereocenters. The standard InChI is InChI=1S/C55H96O6/c1-4-7-10-13-16-19-22-25-27-28-29-31-33-36-39-42-45-48-54(57)60-51-52(50-59-53(56)47-44-41-38-35-32-24-21-18-15-12-9-6-3)61-55(58)49-46-43-40-37-34-30-26-23-20-17-14-11-8-5-2/h14,16-17,19,23,25-27,29,31,52H,4-13,15,18,20-22,24,28,30,32-51H2,1-3H3/b17-14-,19-16-,26-23-,27-25-,31-29-/t52-/m1/s1. The van der Waals surface area contributed by atoms with Crippen molar-refractivity contribution in [2.75, 3.05) is 13.2 Å². The summed E-state index contributed by atoms with van der Waals surface area (Å²) in [5.74, 6) is -0.919. The Morgan fingerprint density at radius 1 is 0.328 bits per heavy atom. The van der Waals surface area contributed by atoms with E-state index >= 15 is 0 Å². The number of carbonyl (C=O) groups is 3. The highest BCUT2D eigenvalue weighted by Crippen LogP contribution is 2.14. The number of rotatable bonds is 46. The number of unbranched alkanes of at least 4 members (excludes halogenated alkanes) is 25. The van der Waals surface area contributed by atoms with Gasteiger partial charge in [-0.15, -0.1) is 0 Å². The van der Waals surface area contributed by atoms with Crippen LogP contribution in [-0.4, -0.2) is 37.2 Å². The molecule has 0 N–H and O–H groups in total. The molecule has 61 heavy (non-hydrogen) atoms. The quantitative estimate of drug-likeness (QED) is 0.0263. The van der Waals surface area contributed by atoms with Crippen molar-refractivity contribution in [2.45, 2.75) is 258 Å². The largest absolute Gasteiger partial charge is 0.462 e. The summed E-state index contributed by atoms with van der Waals surface area (Å²) in [5.41, 5.74) is 0. The first-order chi connectivity index (χ1) is 30.0. The first-order valence-electron chi connectivity index (χ1n) is 25.8. The molecule has 0 aliphatic carbocycles. The second-order valence-electron chi connectivity index (χ2n) is 17.1. The Balaban J connectivity index is 4.43. The van der Waals surface area contributed by atoms with Gasteiger partial charge in [0.25, 0.3) is 0 Å². The zero-order valence-electron chi connectivity index (χ0n) is 40.2. The van der Waals surface area contributed by atoms with Crippen molar-refractivity contribution < 1.29 is 28.6 Å². The first kappa shape index (κ1) is 58.1. The molecule has 0 fully saturated rings. The van der Waals surface area contributed by atoms with Gasteiger partial charge in [-0.2, -0.15) is 0 Å². The van der Waals surface area contributed by atoms with Gasteiger partial charge in [-0.25, -0.2) is 0 Å². The highest BCUT2D eigenvalue weighted by atomic mass is 16.6. The molecule has 0 spiro atoms. The summed E-state index contributed by atoms with van der Waals surface area (Å²) in [5, 5.41) is 0. The third-order valence-electron chi connectivity index (χ3n) is 11.0. The van der Waals surface area contributed by atoms with Crippen molar-refractivity contribution in [1.29, 1.82) is 0 Å². The molecule has 0 heterocycles. The smallest absolute Gasteiger partial charge is 0.306 e. The van der Waals surface area contributed by atoms with Crippen molar-refractivity contribution in [3.63, 3.8) is 0 Å². The van der Waals surface area contributed by atoms with E-state index in [1.54, 1.807) is 0 Å². The number of carbonyl (C=O) groups excluding carboxylic acids is 3. The third-order valence-corrected chi connectivity index (χ3v) is 11.0. The van der Waals surface area contributed by atoms with Gasteiger partial charge in [0, 0.05) is 19.3 Å². The van der Waals surface area contributed by atoms with E-state index in [2.05, 4.69) is 81.5 Å². The predicted octanol–water partition coefficient (Wildman–Crippen LogP) is 16.9. The molecule has 6 nitrogen and oxygen atoms in total. The van der Waals surface area contributed by atoms with E-state index in [0.29, 0.717) is 19.3 Å². The van der Waals surface area contributed by atoms with Crippen LogP contribution < -0.4 is 0 Å². The molecule has 0 bridgehead atoms. The van der Waals surface area contributed by atoms with Crippen molar-refractivity contribution in [1.82, 2.24) is 0 Å². The summed E-state index contributed by atoms with van der Waals surface area (Å²) in [6, 6.07) is 0. The summed E-state index contributed by atoms with van der Waals surface area (Å²) < 4.78 is 16.8. The summed E-state index contributed by atoms with van der Waals surface area (Å²) in [6.45, 7) is 6.54. The average molecular weight is 853 g/mol. The Kier molecular flexibility index (Phi) is 47.4. The number of ether oxygens (including phenoxy) is 3. The van der Waals surface area contributed by atoms with Crippen LogP contribution in [0.15, 0.2) is 60.8 Å². The minimum absolute atomic E-state index is 0.0857. The van der Waals surface area contributed by atoms with Crippen LogP contribution in [-0.2, 0) is 28.6 Å². The molecule has 0 amide bonds. The number of allylic oxidation sites excluding steroid dienone is 10. The zero-order chi connectivity index (χ0) is 44.4. The van der Waals surface area contributed by atoms with E-state index < -0.39 is 6.10 Å². The van der Waals surface area contributed by atoms with Gasteiger partial charge in [0.1, 0.15) is 13.2 Å². The molecule has 0 saturated carbocycles. The summed E-state index contributed by atoms with van der Waals surface area (Å²) in [4.78, 5) is 37.9. The van der Waals surface area contributed by atoms with E-state index in [4.69, 9.17) is 14.2 Å². The van der Waals surface area contributed by atoms with Crippen molar-refractivity contribution in [3.05, 3.63) is 60.8 Å². The fraction of sp³-hybridized carbons (Fsp3) is 0.764. The number of hydrogen-bond acceptors (Lipinski definition) is 6. The summed E-state index contributed by atoms with van der Waals surface area (Å²) in [6.07, 6.45) is 60.5. The maximum absolute atomic E-state index is 12.8. The Morgan fingerprint density at radius 3 is 1.00 bits per heavy atom. The molecule has 0 unspecified atom stereocenters. The lowest BCUT2D eigenvalue weighted by atomic mass is 10.0. The monoisotopic (exact) mass is 853 g/mol. The van der Waals surface area contributed by atoms with Crippen LogP contribution in [0.2, 0.25) is 0 Å². The molecule has 352 valence electrons. The van der Waals surface area contributed by atoms with E-state index in [0.717, 1.165) is 109 Å². The van der Waals surface area contributed by atoms with E-state index in [9.17, 15) is 14.4 Å². The third kappa shape index (κ3) is 48.0. The van der Waals surface area contributed by atoms with Crippen molar-refractivity contribution in [3.8, 4) is 0 Å². The predicted molar refractivity (Wildman–Crippen MR) is 261 cm³/mol. The molecular weight excluding hydrogens is 757 g/mol. The van der Waals surface area contributed by atoms with Crippen LogP contribution in [0.5, 0.6) is 0 Å². The van der Waals surface area contributed by atoms with Crippen LogP contribution in [0.4, 0.5) is 0 Å². The SMILES string of the molecule is CCCC/C=C\C/C=C\CCCCCCCC(=O)O[C@@H](COC(=O)CCCCCC/C=C\C/C=C\C/C=C\CCCCC)COC(=O)CCCCCCCCCCCCCC. The summed E-state index contributed by atoms with van der Waals surface area (Å²) in [7, 11) is 0. The second-order valence-corrected chi connectivity index (χ2v) is 17.1. The van der Waals surface area contributed by atoms with Crippen molar-refractivity contribution >= 4 is 17.9 Å². The highest BCUT2D eigenvalue weighted by molar-refractivity contribution is 5.71. The fourth-order valence-corrected chi connectivity index (χ4v) is 7.05. The molecule has 0 aromatic heterocycles. The van der Waals surface area contributed by atoms with Crippen molar-refractivity contribution in [2.24, 2.45) is 0 Å². The lowest BCUT2D eigenvalue weighted by molar-refractivity contribution is -0.167. The molecule has 6 heteroatoms. The average Bonchev–Trinajstić information content (AvgIpc) is 3.26. The Hall–Kier alpha value is -2.89. The van der Waals surface area contributed by atoms with Crippen LogP contribution >= 0.6 is 0 Å². The van der Waals surface area contributed by atoms with E-state index in [-0.39, 0.29) is 31.1 Å². The molecule has 0 aliphatic rings. The normalized spacial score (nSPS) is 12.5. The highest BCUT2D eigenvalue weighted by Gasteiger charge is 2.19. The Labute approximate surface area is 377 Å². The van der Waals surface area contributed by atoms with Gasteiger partial charge < -0.3 is 14.2 Å². The fourth-order valence-electron chi connectivity index (χ4n) is 7.05. The van der Waals surface area contributed by atoms with Gasteiger partial charge in [0.2, 0.25) is 0 Å². The molecule has 0 saturated heterocycles. The van der Waals surface area contributed by atoms with E-state index in [1.807, 2.05) is 0 Å². The molecule has 0 radical (unpaired) electrons. The second kappa shape index (κ2) is 49.8. The number of esters is 3. The van der Waals surface area contributed by atoms with Gasteiger partial charge >= 0.3 is 17.9 Å². The minimum Gasteiger partial charge on any atom is -0.462 e. The maximum Gasteiger partial charge on any atom is 0.306 e. The van der Waals surface area contributed by atoms with Gasteiger partial charge in [-0.1, -0.05) is 210 Å². The Bertz CT molecular complexity index is 1120. The van der Waals surface area contributed by atoms with Crippen LogP contribution in [0.1, 0.15) is 252 Å². The van der Waals surface area contributed by atoms with Crippen LogP contribution in [0.3, 0.4) is 0 Å². The molecule has 0 rings (SSSR count). The topological polar surface area (TPSA) is 78.9 Å². The van der Waals surface area contributed by atoms with Gasteiger partial charge in [-0.3, -0.25) is 14.4 Å². The minimum atomic E-state index is -0.788. The molecular formula is C55H96O6. The van der Waals surface area contributed by atoms with Gasteiger partial charge in [0.15, 0.2) is 6.10 Å². The molecule has 0 aromatic carbocycles.